The number of primary amides is 1. The number of alkyl halides is 3. The number of nitrogens with one attached hydrogen (secondary N) is 1. The summed E-state index contributed by atoms with van der Waals surface area (Å²) in [6.07, 6.45) is -4.81. The van der Waals surface area contributed by atoms with Crippen LogP contribution in [0.3, 0.4) is 0 Å². The van der Waals surface area contributed by atoms with Crippen molar-refractivity contribution in [1.29, 1.82) is 0 Å². The number of benzene rings is 2. The first-order chi connectivity index (χ1) is 11.3. The lowest BCUT2D eigenvalue weighted by atomic mass is 10.1. The molecule has 0 aromatic heterocycles. The molecule has 0 heterocycles. The summed E-state index contributed by atoms with van der Waals surface area (Å²) in [6.45, 7) is 0. The van der Waals surface area contributed by atoms with Crippen molar-refractivity contribution in [2.75, 3.05) is 0 Å². The Bertz CT molecular complexity index is 716. The Labute approximate surface area is 135 Å². The van der Waals surface area contributed by atoms with Gasteiger partial charge in [0, 0.05) is 5.56 Å². The second kappa shape index (κ2) is 7.03. The van der Waals surface area contributed by atoms with E-state index in [4.69, 9.17) is 5.73 Å². The molecule has 3 N–H and O–H groups in total. The average Bonchev–Trinajstić information content (AvgIpc) is 2.52. The molecule has 8 heteroatoms. The van der Waals surface area contributed by atoms with E-state index in [0.29, 0.717) is 5.56 Å². The summed E-state index contributed by atoms with van der Waals surface area (Å²) < 4.78 is 40.0. The molecule has 24 heavy (non-hydrogen) atoms. The maximum absolute atomic E-state index is 12.1. The third-order valence-electron chi connectivity index (χ3n) is 3.04. The molecule has 2 amide bonds. The highest BCUT2D eigenvalue weighted by atomic mass is 19.4. The van der Waals surface area contributed by atoms with Crippen LogP contribution in [-0.4, -0.2) is 18.2 Å². The Morgan fingerprint density at radius 3 is 2.08 bits per heavy atom. The second-order valence-corrected chi connectivity index (χ2v) is 4.79. The van der Waals surface area contributed by atoms with E-state index in [1.54, 1.807) is 30.3 Å². The molecule has 0 fully saturated rings. The third-order valence-corrected chi connectivity index (χ3v) is 3.04. The molecule has 0 aliphatic carbocycles. The fraction of sp³-hybridized carbons (Fsp3) is 0.125. The number of hydrogen-bond acceptors (Lipinski definition) is 3. The standard InChI is InChI=1S/C16H13F3N2O3/c17-16(18,19)24-12-8-6-11(7-9-12)15(23)21-13(14(20)22)10-4-2-1-3-5-10/h1-9,13H,(H2,20,22)(H,21,23). The van der Waals surface area contributed by atoms with E-state index >= 15 is 0 Å². The largest absolute Gasteiger partial charge is 0.573 e. The Hall–Kier alpha value is -3.03. The first kappa shape index (κ1) is 17.3. The molecule has 2 aromatic rings. The van der Waals surface area contributed by atoms with Crippen LogP contribution in [0.1, 0.15) is 22.0 Å². The smallest absolute Gasteiger partial charge is 0.406 e. The molecule has 1 unspecified atom stereocenters. The normalized spacial score (nSPS) is 12.3. The van der Waals surface area contributed by atoms with Gasteiger partial charge in [-0.3, -0.25) is 9.59 Å². The van der Waals surface area contributed by atoms with Gasteiger partial charge in [-0.05, 0) is 29.8 Å². The van der Waals surface area contributed by atoms with E-state index in [1.807, 2.05) is 0 Å². The van der Waals surface area contributed by atoms with Crippen molar-refractivity contribution in [2.24, 2.45) is 5.73 Å². The van der Waals surface area contributed by atoms with Crippen molar-refractivity contribution in [3.8, 4) is 5.75 Å². The van der Waals surface area contributed by atoms with Crippen LogP contribution in [0.25, 0.3) is 0 Å². The van der Waals surface area contributed by atoms with Crippen molar-refractivity contribution >= 4 is 11.8 Å². The van der Waals surface area contributed by atoms with Gasteiger partial charge in [0.05, 0.1) is 0 Å². The number of carbonyl (C=O) groups excluding carboxylic acids is 2. The van der Waals surface area contributed by atoms with E-state index in [0.717, 1.165) is 24.3 Å². The van der Waals surface area contributed by atoms with E-state index < -0.39 is 30.0 Å². The maximum Gasteiger partial charge on any atom is 0.573 e. The second-order valence-electron chi connectivity index (χ2n) is 4.79. The van der Waals surface area contributed by atoms with Crippen LogP contribution in [0.4, 0.5) is 13.2 Å². The van der Waals surface area contributed by atoms with Gasteiger partial charge < -0.3 is 15.8 Å². The minimum absolute atomic E-state index is 0.0618. The van der Waals surface area contributed by atoms with Crippen LogP contribution in [0.2, 0.25) is 0 Å². The van der Waals surface area contributed by atoms with Crippen molar-refractivity contribution < 1.29 is 27.5 Å². The van der Waals surface area contributed by atoms with Gasteiger partial charge in [-0.15, -0.1) is 13.2 Å². The number of ether oxygens (including phenoxy) is 1. The first-order valence-corrected chi connectivity index (χ1v) is 6.77. The summed E-state index contributed by atoms with van der Waals surface area (Å²) >= 11 is 0. The predicted molar refractivity (Wildman–Crippen MR) is 79.0 cm³/mol. The van der Waals surface area contributed by atoms with Gasteiger partial charge in [0.15, 0.2) is 0 Å². The predicted octanol–water partition coefficient (Wildman–Crippen LogP) is 2.54. The van der Waals surface area contributed by atoms with Crippen molar-refractivity contribution in [1.82, 2.24) is 5.32 Å². The molecule has 0 spiro atoms. The lowest BCUT2D eigenvalue weighted by molar-refractivity contribution is -0.274. The molecular weight excluding hydrogens is 325 g/mol. The number of amides is 2. The number of nitrogens with two attached hydrogens (primary N) is 1. The molecule has 0 bridgehead atoms. The SMILES string of the molecule is NC(=O)C(NC(=O)c1ccc(OC(F)(F)F)cc1)c1ccccc1. The highest BCUT2D eigenvalue weighted by Gasteiger charge is 2.31. The molecule has 0 radical (unpaired) electrons. The number of halogens is 3. The molecular formula is C16H13F3N2O3. The third kappa shape index (κ3) is 4.73. The Balaban J connectivity index is 2.12. The Morgan fingerprint density at radius 1 is 1.00 bits per heavy atom. The quantitative estimate of drug-likeness (QED) is 0.879. The van der Waals surface area contributed by atoms with E-state index in [1.165, 1.54) is 0 Å². The van der Waals surface area contributed by atoms with Crippen molar-refractivity contribution in [3.63, 3.8) is 0 Å². The van der Waals surface area contributed by atoms with Gasteiger partial charge in [-0.25, -0.2) is 0 Å². The molecule has 2 aromatic carbocycles. The van der Waals surface area contributed by atoms with E-state index in [-0.39, 0.29) is 5.56 Å². The molecule has 2 rings (SSSR count). The van der Waals surface area contributed by atoms with Crippen LogP contribution < -0.4 is 15.8 Å². The molecule has 5 nitrogen and oxygen atoms in total. The lowest BCUT2D eigenvalue weighted by Gasteiger charge is -2.16. The molecule has 0 saturated carbocycles. The van der Waals surface area contributed by atoms with Gasteiger partial charge in [-0.1, -0.05) is 30.3 Å². The van der Waals surface area contributed by atoms with Gasteiger partial charge in [0.1, 0.15) is 11.8 Å². The van der Waals surface area contributed by atoms with Gasteiger partial charge in [0.25, 0.3) is 5.91 Å². The summed E-state index contributed by atoms with van der Waals surface area (Å²) in [6, 6.07) is 11.6. The molecule has 0 aliphatic rings. The topological polar surface area (TPSA) is 81.4 Å². The van der Waals surface area contributed by atoms with Crippen LogP contribution in [0.15, 0.2) is 54.6 Å². The summed E-state index contributed by atoms with van der Waals surface area (Å²) in [7, 11) is 0. The zero-order chi connectivity index (χ0) is 17.7. The zero-order valence-electron chi connectivity index (χ0n) is 12.2. The maximum atomic E-state index is 12.1. The monoisotopic (exact) mass is 338 g/mol. The average molecular weight is 338 g/mol. The van der Waals surface area contributed by atoms with E-state index in [9.17, 15) is 22.8 Å². The minimum Gasteiger partial charge on any atom is -0.406 e. The molecule has 1 atom stereocenters. The van der Waals surface area contributed by atoms with Gasteiger partial charge >= 0.3 is 6.36 Å². The highest BCUT2D eigenvalue weighted by Crippen LogP contribution is 2.23. The summed E-state index contributed by atoms with van der Waals surface area (Å²) in [5.74, 6) is -1.86. The van der Waals surface area contributed by atoms with E-state index in [2.05, 4.69) is 10.1 Å². The first-order valence-electron chi connectivity index (χ1n) is 6.77. The number of rotatable bonds is 5. The minimum atomic E-state index is -4.81. The van der Waals surface area contributed by atoms with Gasteiger partial charge in [0.2, 0.25) is 5.91 Å². The highest BCUT2D eigenvalue weighted by molar-refractivity contribution is 5.97. The fourth-order valence-corrected chi connectivity index (χ4v) is 1.99. The summed E-state index contributed by atoms with van der Waals surface area (Å²) in [5.41, 5.74) is 5.85. The van der Waals surface area contributed by atoms with Crippen LogP contribution in [-0.2, 0) is 4.79 Å². The Morgan fingerprint density at radius 2 is 1.58 bits per heavy atom. The van der Waals surface area contributed by atoms with Crippen molar-refractivity contribution in [3.05, 3.63) is 65.7 Å². The van der Waals surface area contributed by atoms with Gasteiger partial charge in [-0.2, -0.15) is 0 Å². The molecule has 0 aliphatic heterocycles. The molecule has 126 valence electrons. The van der Waals surface area contributed by atoms with Crippen molar-refractivity contribution in [2.45, 2.75) is 12.4 Å². The molecule has 0 saturated heterocycles. The fourth-order valence-electron chi connectivity index (χ4n) is 1.99. The van der Waals surface area contributed by atoms with Crippen LogP contribution >= 0.6 is 0 Å². The zero-order valence-corrected chi connectivity index (χ0v) is 12.2. The Kier molecular flexibility index (Phi) is 5.08. The summed E-state index contributed by atoms with van der Waals surface area (Å²) in [4.78, 5) is 23.7. The lowest BCUT2D eigenvalue weighted by Crippen LogP contribution is -2.37. The number of hydrogen-bond donors (Lipinski definition) is 2. The summed E-state index contributed by atoms with van der Waals surface area (Å²) in [5, 5.41) is 2.44. The number of carbonyl (C=O) groups is 2. The van der Waals surface area contributed by atoms with Crippen LogP contribution in [0, 0.1) is 0 Å². The van der Waals surface area contributed by atoms with Crippen LogP contribution in [0.5, 0.6) is 5.75 Å².